The molecule has 0 aromatic carbocycles. The third-order valence-electron chi connectivity index (χ3n) is 1.33. The highest BCUT2D eigenvalue weighted by Crippen LogP contribution is 2.12. The van der Waals surface area contributed by atoms with Crippen LogP contribution in [0, 0.1) is 0 Å². The molecular formula is C7H14N2O. The summed E-state index contributed by atoms with van der Waals surface area (Å²) in [5, 5.41) is 14.0. The Hall–Kier alpha value is -0.830. The average molecular weight is 142 g/mol. The maximum atomic E-state index is 8.85. The normalized spacial score (nSPS) is 10.7. The Labute approximate surface area is 61.7 Å². The fourth-order valence-corrected chi connectivity index (χ4v) is 0.569. The van der Waals surface area contributed by atoms with Gasteiger partial charge in [0.05, 0.1) is 12.1 Å². The Balaban J connectivity index is 4.24. The number of hydrogen-bond donors (Lipinski definition) is 1. The molecule has 0 bridgehead atoms. The van der Waals surface area contributed by atoms with Crippen LogP contribution in [-0.2, 0) is 0 Å². The summed E-state index contributed by atoms with van der Waals surface area (Å²) in [6.45, 7) is 10.6. The van der Waals surface area contributed by atoms with Crippen LogP contribution in [0.5, 0.6) is 0 Å². The number of hydrazone groups is 1. The second kappa shape index (κ2) is 3.37. The molecule has 0 rings (SSSR count). The fourth-order valence-electron chi connectivity index (χ4n) is 0.569. The summed E-state index contributed by atoms with van der Waals surface area (Å²) in [4.78, 5) is 0. The molecule has 0 fully saturated rings. The van der Waals surface area contributed by atoms with Crippen molar-refractivity contribution in [1.82, 2.24) is 5.01 Å². The summed E-state index contributed by atoms with van der Waals surface area (Å²) in [5.74, 6) is 0. The van der Waals surface area contributed by atoms with E-state index in [0.29, 0.717) is 0 Å². The topological polar surface area (TPSA) is 35.8 Å². The lowest BCUT2D eigenvalue weighted by Crippen LogP contribution is -2.39. The van der Waals surface area contributed by atoms with Crippen molar-refractivity contribution in [2.75, 3.05) is 6.61 Å². The predicted molar refractivity (Wildman–Crippen MR) is 42.7 cm³/mol. The van der Waals surface area contributed by atoms with Gasteiger partial charge in [-0.25, -0.2) is 0 Å². The average Bonchev–Trinajstić information content (AvgIpc) is 1.90. The highest BCUT2D eigenvalue weighted by atomic mass is 16.3. The van der Waals surface area contributed by atoms with Gasteiger partial charge in [-0.1, -0.05) is 6.58 Å². The van der Waals surface area contributed by atoms with Crippen LogP contribution in [0.15, 0.2) is 17.9 Å². The van der Waals surface area contributed by atoms with Gasteiger partial charge in [-0.05, 0) is 13.8 Å². The molecule has 0 radical (unpaired) electrons. The molecule has 3 nitrogen and oxygen atoms in total. The van der Waals surface area contributed by atoms with E-state index < -0.39 is 5.54 Å². The minimum Gasteiger partial charge on any atom is -0.394 e. The monoisotopic (exact) mass is 142 g/mol. The molecule has 0 spiro atoms. The molecule has 0 heterocycles. The quantitative estimate of drug-likeness (QED) is 0.466. The molecule has 1 N–H and O–H groups in total. The molecule has 0 atom stereocenters. The van der Waals surface area contributed by atoms with E-state index in [1.165, 1.54) is 11.2 Å². The lowest BCUT2D eigenvalue weighted by molar-refractivity contribution is 0.0999. The molecule has 0 aliphatic carbocycles. The molecule has 0 aliphatic rings. The standard InChI is InChI=1S/C7H14N2O/c1-5-9(8-4)7(2,3)6-10/h5,10H,1,4,6H2,2-3H3. The van der Waals surface area contributed by atoms with Crippen LogP contribution < -0.4 is 0 Å². The predicted octanol–water partition coefficient (Wildman–Crippen LogP) is 0.818. The molecule has 58 valence electrons. The van der Waals surface area contributed by atoms with E-state index in [0.717, 1.165) is 0 Å². The first kappa shape index (κ1) is 9.17. The van der Waals surface area contributed by atoms with Crippen LogP contribution in [-0.4, -0.2) is 29.0 Å². The van der Waals surface area contributed by atoms with Crippen molar-refractivity contribution >= 4 is 6.72 Å². The fraction of sp³-hybridized carbons (Fsp3) is 0.571. The minimum absolute atomic E-state index is 0.0258. The summed E-state index contributed by atoms with van der Waals surface area (Å²) >= 11 is 0. The zero-order valence-corrected chi connectivity index (χ0v) is 6.54. The van der Waals surface area contributed by atoms with E-state index in [1.807, 2.05) is 13.8 Å². The summed E-state index contributed by atoms with van der Waals surface area (Å²) < 4.78 is 0. The highest BCUT2D eigenvalue weighted by Gasteiger charge is 2.21. The van der Waals surface area contributed by atoms with Crippen molar-refractivity contribution in [2.24, 2.45) is 5.10 Å². The Morgan fingerprint density at radius 1 is 1.70 bits per heavy atom. The zero-order chi connectivity index (χ0) is 8.20. The molecule has 0 unspecified atom stereocenters. The van der Waals surface area contributed by atoms with Crippen molar-refractivity contribution in [3.8, 4) is 0 Å². The molecule has 10 heavy (non-hydrogen) atoms. The van der Waals surface area contributed by atoms with Crippen LogP contribution in [0.1, 0.15) is 13.8 Å². The van der Waals surface area contributed by atoms with Crippen LogP contribution in [0.2, 0.25) is 0 Å². The molecule has 0 saturated carbocycles. The number of aliphatic hydroxyl groups excluding tert-OH is 1. The Morgan fingerprint density at radius 3 is 2.30 bits per heavy atom. The third kappa shape index (κ3) is 1.84. The van der Waals surface area contributed by atoms with Gasteiger partial charge in [0.1, 0.15) is 0 Å². The van der Waals surface area contributed by atoms with Crippen molar-refractivity contribution in [1.29, 1.82) is 0 Å². The van der Waals surface area contributed by atoms with Gasteiger partial charge in [-0.15, -0.1) is 0 Å². The van der Waals surface area contributed by atoms with Gasteiger partial charge in [0.15, 0.2) is 0 Å². The first-order chi connectivity index (χ1) is 4.58. The second-order valence-corrected chi connectivity index (χ2v) is 2.64. The van der Waals surface area contributed by atoms with Crippen LogP contribution in [0.4, 0.5) is 0 Å². The lowest BCUT2D eigenvalue weighted by Gasteiger charge is -2.30. The first-order valence-electron chi connectivity index (χ1n) is 3.08. The Bertz CT molecular complexity index is 124. The van der Waals surface area contributed by atoms with Gasteiger partial charge >= 0.3 is 0 Å². The van der Waals surface area contributed by atoms with Crippen LogP contribution in [0.3, 0.4) is 0 Å². The SMILES string of the molecule is C=CN(N=C)C(C)(C)CO. The van der Waals surface area contributed by atoms with E-state index in [9.17, 15) is 0 Å². The molecular weight excluding hydrogens is 128 g/mol. The molecule has 0 amide bonds. The van der Waals surface area contributed by atoms with E-state index >= 15 is 0 Å². The maximum absolute atomic E-state index is 8.85. The van der Waals surface area contributed by atoms with E-state index in [2.05, 4.69) is 18.4 Å². The Kier molecular flexibility index (Phi) is 3.09. The summed E-state index contributed by atoms with van der Waals surface area (Å²) in [6.07, 6.45) is 1.53. The minimum atomic E-state index is -0.399. The molecule has 0 aromatic heterocycles. The number of aliphatic hydroxyl groups is 1. The van der Waals surface area contributed by atoms with Crippen molar-refractivity contribution < 1.29 is 5.11 Å². The molecule has 3 heteroatoms. The van der Waals surface area contributed by atoms with Gasteiger partial charge in [-0.3, -0.25) is 5.01 Å². The number of rotatable bonds is 4. The second-order valence-electron chi connectivity index (χ2n) is 2.64. The molecule has 0 aliphatic heterocycles. The van der Waals surface area contributed by atoms with Crippen molar-refractivity contribution in [3.05, 3.63) is 12.8 Å². The van der Waals surface area contributed by atoms with E-state index in [1.54, 1.807) is 0 Å². The smallest absolute Gasteiger partial charge is 0.0800 e. The van der Waals surface area contributed by atoms with Gasteiger partial charge in [0, 0.05) is 12.9 Å². The summed E-state index contributed by atoms with van der Waals surface area (Å²) in [7, 11) is 0. The lowest BCUT2D eigenvalue weighted by atomic mass is 10.1. The molecule has 0 saturated heterocycles. The van der Waals surface area contributed by atoms with Gasteiger partial charge in [0.2, 0.25) is 0 Å². The van der Waals surface area contributed by atoms with Crippen LogP contribution in [0.25, 0.3) is 0 Å². The van der Waals surface area contributed by atoms with E-state index in [4.69, 9.17) is 5.11 Å². The van der Waals surface area contributed by atoms with E-state index in [-0.39, 0.29) is 6.61 Å². The number of hydrogen-bond acceptors (Lipinski definition) is 3. The number of nitrogens with zero attached hydrogens (tertiary/aromatic N) is 2. The largest absolute Gasteiger partial charge is 0.394 e. The van der Waals surface area contributed by atoms with Crippen molar-refractivity contribution in [3.63, 3.8) is 0 Å². The third-order valence-corrected chi connectivity index (χ3v) is 1.33. The Morgan fingerprint density at radius 2 is 2.20 bits per heavy atom. The van der Waals surface area contributed by atoms with Gasteiger partial charge in [-0.2, -0.15) is 5.10 Å². The zero-order valence-electron chi connectivity index (χ0n) is 6.54. The summed E-state index contributed by atoms with van der Waals surface area (Å²) in [5.41, 5.74) is -0.399. The van der Waals surface area contributed by atoms with Crippen LogP contribution >= 0.6 is 0 Å². The first-order valence-corrected chi connectivity index (χ1v) is 3.08. The van der Waals surface area contributed by atoms with Crippen molar-refractivity contribution in [2.45, 2.75) is 19.4 Å². The molecule has 0 aromatic rings. The van der Waals surface area contributed by atoms with Gasteiger partial charge in [0.25, 0.3) is 0 Å². The van der Waals surface area contributed by atoms with Gasteiger partial charge < -0.3 is 5.11 Å². The summed E-state index contributed by atoms with van der Waals surface area (Å²) in [6, 6.07) is 0. The maximum Gasteiger partial charge on any atom is 0.0800 e. The highest BCUT2D eigenvalue weighted by molar-refractivity contribution is 5.23.